The Morgan fingerprint density at radius 2 is 1.86 bits per heavy atom. The Hall–Kier alpha value is -1.36. The van der Waals surface area contributed by atoms with Crippen molar-refractivity contribution in [3.63, 3.8) is 0 Å². The van der Waals surface area contributed by atoms with E-state index in [0.717, 1.165) is 35.9 Å². The first-order valence-corrected chi connectivity index (χ1v) is 11.9. The van der Waals surface area contributed by atoms with Crippen molar-refractivity contribution in [1.82, 2.24) is 4.90 Å². The van der Waals surface area contributed by atoms with Gasteiger partial charge in [0.1, 0.15) is 0 Å². The average Bonchev–Trinajstić information content (AvgIpc) is 2.60. The van der Waals surface area contributed by atoms with Crippen LogP contribution in [0.1, 0.15) is 63.9 Å². The van der Waals surface area contributed by atoms with Crippen LogP contribution in [0.25, 0.3) is 0 Å². The van der Waals surface area contributed by atoms with Gasteiger partial charge in [-0.05, 0) is 80.8 Å². The second-order valence-electron chi connectivity index (χ2n) is 9.97. The molecule has 0 heterocycles. The fourth-order valence-electron chi connectivity index (χ4n) is 6.61. The van der Waals surface area contributed by atoms with E-state index in [1.807, 2.05) is 31.2 Å². The molecule has 2 unspecified atom stereocenters. The predicted molar refractivity (Wildman–Crippen MR) is 120 cm³/mol. The SMILES string of the molecule is CCCN(CC(=O)Nc1ccccc1C)C(=O)CC12CC3CC(CC(Br)(C3)C1)C2. The van der Waals surface area contributed by atoms with E-state index < -0.39 is 0 Å². The Kier molecular flexibility index (Phi) is 5.80. The first-order chi connectivity index (χ1) is 13.8. The number of rotatable bonds is 7. The van der Waals surface area contributed by atoms with Crippen LogP contribution in [-0.4, -0.2) is 34.1 Å². The van der Waals surface area contributed by atoms with Crippen LogP contribution in [0.3, 0.4) is 0 Å². The summed E-state index contributed by atoms with van der Waals surface area (Å²) in [6.07, 6.45) is 8.87. The lowest BCUT2D eigenvalue weighted by molar-refractivity contribution is -0.141. The summed E-state index contributed by atoms with van der Waals surface area (Å²) in [6.45, 7) is 4.83. The van der Waals surface area contributed by atoms with E-state index in [0.29, 0.717) is 13.0 Å². The molecule has 4 aliphatic rings. The van der Waals surface area contributed by atoms with Crippen LogP contribution in [0.4, 0.5) is 5.69 Å². The molecule has 2 amide bonds. The summed E-state index contributed by atoms with van der Waals surface area (Å²) in [6, 6.07) is 7.76. The largest absolute Gasteiger partial charge is 0.333 e. The number of hydrogen-bond donors (Lipinski definition) is 1. The quantitative estimate of drug-likeness (QED) is 0.561. The molecule has 5 rings (SSSR count). The van der Waals surface area contributed by atoms with Crippen molar-refractivity contribution in [2.45, 2.75) is 69.5 Å². The summed E-state index contributed by atoms with van der Waals surface area (Å²) in [5, 5.41) is 2.98. The molecule has 0 saturated heterocycles. The number of nitrogens with zero attached hydrogens (tertiary/aromatic N) is 1. The number of amides is 2. The first kappa shape index (κ1) is 20.9. The number of hydrogen-bond acceptors (Lipinski definition) is 2. The maximum absolute atomic E-state index is 13.3. The van der Waals surface area contributed by atoms with Gasteiger partial charge in [0.15, 0.2) is 0 Å². The number of carbonyl (C=O) groups is 2. The highest BCUT2D eigenvalue weighted by molar-refractivity contribution is 9.10. The molecule has 5 heteroatoms. The number of aryl methyl sites for hydroxylation is 1. The zero-order valence-electron chi connectivity index (χ0n) is 17.7. The van der Waals surface area contributed by atoms with Gasteiger partial charge >= 0.3 is 0 Å². The summed E-state index contributed by atoms with van der Waals surface area (Å²) in [5.41, 5.74) is 2.00. The minimum Gasteiger partial charge on any atom is -0.333 e. The molecule has 0 aromatic heterocycles. The van der Waals surface area contributed by atoms with Crippen LogP contribution in [0, 0.1) is 24.2 Å². The molecule has 158 valence electrons. The van der Waals surface area contributed by atoms with Crippen molar-refractivity contribution in [1.29, 1.82) is 0 Å². The second kappa shape index (κ2) is 8.05. The fourth-order valence-corrected chi connectivity index (χ4v) is 8.12. The van der Waals surface area contributed by atoms with Crippen molar-refractivity contribution in [3.8, 4) is 0 Å². The second-order valence-corrected chi connectivity index (χ2v) is 11.6. The number of anilines is 1. The number of halogens is 1. The van der Waals surface area contributed by atoms with Crippen molar-refractivity contribution in [3.05, 3.63) is 29.8 Å². The zero-order valence-corrected chi connectivity index (χ0v) is 19.3. The minimum absolute atomic E-state index is 0.108. The number of benzene rings is 1. The molecular weight excluding hydrogens is 428 g/mol. The van der Waals surface area contributed by atoms with Crippen molar-refractivity contribution >= 4 is 33.4 Å². The predicted octanol–water partition coefficient (Wildman–Crippen LogP) is 5.30. The van der Waals surface area contributed by atoms with Gasteiger partial charge in [-0.3, -0.25) is 9.59 Å². The van der Waals surface area contributed by atoms with Gasteiger partial charge in [0, 0.05) is 23.0 Å². The molecule has 2 atom stereocenters. The molecule has 4 nitrogen and oxygen atoms in total. The standard InChI is InChI=1S/C24H33BrN2O2/c1-3-8-27(15-21(28)26-20-7-5-4-6-17(20)2)22(29)14-23-10-18-9-19(11-23)13-24(25,12-18)16-23/h4-7,18-19H,3,8-16H2,1-2H3,(H,26,28). The van der Waals surface area contributed by atoms with Gasteiger partial charge in [-0.25, -0.2) is 0 Å². The number of para-hydroxylation sites is 1. The lowest BCUT2D eigenvalue weighted by atomic mass is 9.48. The molecule has 4 fully saturated rings. The summed E-state index contributed by atoms with van der Waals surface area (Å²) in [7, 11) is 0. The van der Waals surface area contributed by atoms with E-state index >= 15 is 0 Å². The van der Waals surface area contributed by atoms with Crippen molar-refractivity contribution < 1.29 is 9.59 Å². The molecule has 1 aromatic rings. The Morgan fingerprint density at radius 1 is 1.17 bits per heavy atom. The molecule has 1 N–H and O–H groups in total. The molecule has 0 spiro atoms. The molecule has 4 aliphatic carbocycles. The lowest BCUT2D eigenvalue weighted by Gasteiger charge is -2.60. The number of carbonyl (C=O) groups excluding carboxylic acids is 2. The number of nitrogens with one attached hydrogen (secondary N) is 1. The summed E-state index contributed by atoms with van der Waals surface area (Å²) >= 11 is 4.05. The highest BCUT2D eigenvalue weighted by Gasteiger charge is 2.57. The van der Waals surface area contributed by atoms with Gasteiger partial charge in [-0.1, -0.05) is 41.1 Å². The van der Waals surface area contributed by atoms with Gasteiger partial charge in [0.25, 0.3) is 0 Å². The third kappa shape index (κ3) is 4.55. The van der Waals surface area contributed by atoms with Crippen molar-refractivity contribution in [2.24, 2.45) is 17.3 Å². The number of alkyl halides is 1. The molecule has 29 heavy (non-hydrogen) atoms. The summed E-state index contributed by atoms with van der Waals surface area (Å²) < 4.78 is 0.259. The molecule has 0 aliphatic heterocycles. The van der Waals surface area contributed by atoms with Crippen LogP contribution in [0.2, 0.25) is 0 Å². The Bertz CT molecular complexity index is 779. The van der Waals surface area contributed by atoms with E-state index in [2.05, 4.69) is 28.2 Å². The summed E-state index contributed by atoms with van der Waals surface area (Å²) in [4.78, 5) is 27.7. The van der Waals surface area contributed by atoms with Gasteiger partial charge < -0.3 is 10.2 Å². The normalized spacial score (nSPS) is 32.2. The van der Waals surface area contributed by atoms with Gasteiger partial charge in [-0.15, -0.1) is 0 Å². The smallest absolute Gasteiger partial charge is 0.244 e. The third-order valence-corrected chi connectivity index (χ3v) is 8.16. The molecule has 4 bridgehead atoms. The topological polar surface area (TPSA) is 49.4 Å². The highest BCUT2D eigenvalue weighted by atomic mass is 79.9. The van der Waals surface area contributed by atoms with Crippen LogP contribution in [0.15, 0.2) is 24.3 Å². The molecule has 0 radical (unpaired) electrons. The van der Waals surface area contributed by atoms with E-state index in [4.69, 9.17) is 0 Å². The molecule has 1 aromatic carbocycles. The van der Waals surface area contributed by atoms with Crippen LogP contribution >= 0.6 is 15.9 Å². The zero-order chi connectivity index (χ0) is 20.6. The molecular formula is C24H33BrN2O2. The minimum atomic E-state index is -0.108. The highest BCUT2D eigenvalue weighted by Crippen LogP contribution is 2.65. The Labute approximate surface area is 182 Å². The first-order valence-electron chi connectivity index (χ1n) is 11.1. The van der Waals surface area contributed by atoms with Gasteiger partial charge in [-0.2, -0.15) is 0 Å². The summed E-state index contributed by atoms with van der Waals surface area (Å²) in [5.74, 6) is 1.59. The van der Waals surface area contributed by atoms with E-state index in [1.54, 1.807) is 4.90 Å². The Morgan fingerprint density at radius 3 is 2.48 bits per heavy atom. The van der Waals surface area contributed by atoms with E-state index in [9.17, 15) is 9.59 Å². The van der Waals surface area contributed by atoms with Crippen LogP contribution in [-0.2, 0) is 9.59 Å². The third-order valence-electron chi connectivity index (χ3n) is 7.24. The van der Waals surface area contributed by atoms with E-state index in [1.165, 1.54) is 32.1 Å². The lowest BCUT2D eigenvalue weighted by Crippen LogP contribution is -2.54. The monoisotopic (exact) mass is 460 g/mol. The molecule has 4 saturated carbocycles. The van der Waals surface area contributed by atoms with Gasteiger partial charge in [0.2, 0.25) is 11.8 Å². The maximum atomic E-state index is 13.3. The van der Waals surface area contributed by atoms with Gasteiger partial charge in [0.05, 0.1) is 6.54 Å². The average molecular weight is 461 g/mol. The fraction of sp³-hybridized carbons (Fsp3) is 0.667. The van der Waals surface area contributed by atoms with E-state index in [-0.39, 0.29) is 28.1 Å². The van der Waals surface area contributed by atoms with Crippen LogP contribution in [0.5, 0.6) is 0 Å². The maximum Gasteiger partial charge on any atom is 0.244 e. The van der Waals surface area contributed by atoms with Crippen molar-refractivity contribution in [2.75, 3.05) is 18.4 Å². The van der Waals surface area contributed by atoms with Crippen LogP contribution < -0.4 is 5.32 Å². The Balaban J connectivity index is 1.41.